The van der Waals surface area contributed by atoms with Crippen molar-refractivity contribution in [2.24, 2.45) is 0 Å². The second-order valence-electron chi connectivity index (χ2n) is 4.86. The summed E-state index contributed by atoms with van der Waals surface area (Å²) in [5.74, 6) is 1.25. The van der Waals surface area contributed by atoms with Crippen LogP contribution in [0.5, 0.6) is 11.5 Å². The number of halogens is 2. The molecule has 1 atom stereocenters. The van der Waals surface area contributed by atoms with Gasteiger partial charge in [-0.05, 0) is 36.6 Å². The number of ether oxygens (including phenoxy) is 2. The first kappa shape index (κ1) is 16.2. The molecule has 0 saturated heterocycles. The second-order valence-corrected chi connectivity index (χ2v) is 6.15. The lowest BCUT2D eigenvalue weighted by atomic mass is 9.96. The zero-order valence-corrected chi connectivity index (χ0v) is 14.9. The molecule has 2 rings (SSSR count). The average Bonchev–Trinajstić information content (AvgIpc) is 2.49. The number of rotatable bonds is 4. The van der Waals surface area contributed by atoms with E-state index in [-0.39, 0.29) is 4.83 Å². The molecule has 4 heteroatoms. The molecule has 0 saturated carbocycles. The van der Waals surface area contributed by atoms with Crippen molar-refractivity contribution in [3.63, 3.8) is 0 Å². The summed E-state index contributed by atoms with van der Waals surface area (Å²) in [6.07, 6.45) is 0. The highest BCUT2D eigenvalue weighted by Gasteiger charge is 2.21. The normalized spacial score (nSPS) is 12.1. The molecule has 1 unspecified atom stereocenters. The number of hydrogen-bond acceptors (Lipinski definition) is 2. The Morgan fingerprint density at radius 2 is 1.71 bits per heavy atom. The Bertz CT molecular complexity index is 655. The van der Waals surface area contributed by atoms with E-state index in [4.69, 9.17) is 21.1 Å². The second kappa shape index (κ2) is 6.71. The number of methoxy groups -OCH3 is 2. The lowest BCUT2D eigenvalue weighted by Gasteiger charge is -2.19. The highest BCUT2D eigenvalue weighted by atomic mass is 79.9. The summed E-state index contributed by atoms with van der Waals surface area (Å²) in [6.45, 7) is 4.23. The predicted octanol–water partition coefficient (Wildman–Crippen LogP) is 5.46. The van der Waals surface area contributed by atoms with Crippen LogP contribution in [0.25, 0.3) is 0 Å². The zero-order valence-electron chi connectivity index (χ0n) is 12.5. The van der Waals surface area contributed by atoms with Gasteiger partial charge in [-0.25, -0.2) is 0 Å². The Morgan fingerprint density at radius 1 is 1.00 bits per heavy atom. The van der Waals surface area contributed by atoms with Gasteiger partial charge in [-0.15, -0.1) is 0 Å². The fraction of sp³-hybridized carbons (Fsp3) is 0.294. The maximum Gasteiger partial charge on any atom is 0.145 e. The minimum atomic E-state index is 0.00996. The van der Waals surface area contributed by atoms with Crippen LogP contribution in [0, 0.1) is 13.8 Å². The Balaban J connectivity index is 2.56. The smallest absolute Gasteiger partial charge is 0.145 e. The molecule has 112 valence electrons. The molecule has 2 nitrogen and oxygen atoms in total. The zero-order chi connectivity index (χ0) is 15.6. The van der Waals surface area contributed by atoms with E-state index in [1.54, 1.807) is 14.2 Å². The van der Waals surface area contributed by atoms with E-state index >= 15 is 0 Å². The third-order valence-electron chi connectivity index (χ3n) is 3.71. The molecule has 0 heterocycles. The Labute approximate surface area is 139 Å². The first-order chi connectivity index (χ1) is 10.0. The number of alkyl halides is 1. The van der Waals surface area contributed by atoms with Gasteiger partial charge in [0.15, 0.2) is 0 Å². The molecule has 0 bridgehead atoms. The fourth-order valence-corrected chi connectivity index (χ4v) is 3.52. The number of aryl methyl sites for hydroxylation is 1. The third kappa shape index (κ3) is 3.04. The summed E-state index contributed by atoms with van der Waals surface area (Å²) in [5.41, 5.74) is 4.70. The van der Waals surface area contributed by atoms with E-state index in [0.717, 1.165) is 5.56 Å². The topological polar surface area (TPSA) is 18.5 Å². The Kier molecular flexibility index (Phi) is 5.17. The molecule has 0 amide bonds. The standard InChI is InChI=1S/C17H18BrClO2/c1-10-6-5-7-12(11(10)2)15(18)13-8-9-14(20-3)16(19)17(13)21-4/h5-9,15H,1-4H3. The van der Waals surface area contributed by atoms with Crippen molar-refractivity contribution in [1.29, 1.82) is 0 Å². The van der Waals surface area contributed by atoms with Crippen LogP contribution < -0.4 is 9.47 Å². The van der Waals surface area contributed by atoms with Crippen LogP contribution in [0.4, 0.5) is 0 Å². The van der Waals surface area contributed by atoms with Crippen LogP contribution in [0.2, 0.25) is 5.02 Å². The van der Waals surface area contributed by atoms with Crippen molar-refractivity contribution in [2.45, 2.75) is 18.7 Å². The van der Waals surface area contributed by atoms with Crippen molar-refractivity contribution in [1.82, 2.24) is 0 Å². The number of hydrogen-bond donors (Lipinski definition) is 0. The molecule has 0 radical (unpaired) electrons. The van der Waals surface area contributed by atoms with Gasteiger partial charge in [-0.3, -0.25) is 0 Å². The van der Waals surface area contributed by atoms with Gasteiger partial charge in [0.2, 0.25) is 0 Å². The van der Waals surface area contributed by atoms with Gasteiger partial charge in [-0.1, -0.05) is 51.8 Å². The van der Waals surface area contributed by atoms with Gasteiger partial charge in [0.25, 0.3) is 0 Å². The quantitative estimate of drug-likeness (QED) is 0.666. The molecule has 21 heavy (non-hydrogen) atoms. The maximum atomic E-state index is 6.35. The van der Waals surface area contributed by atoms with E-state index in [0.29, 0.717) is 16.5 Å². The summed E-state index contributed by atoms with van der Waals surface area (Å²) >= 11 is 10.1. The maximum absolute atomic E-state index is 6.35. The van der Waals surface area contributed by atoms with Gasteiger partial charge in [-0.2, -0.15) is 0 Å². The average molecular weight is 370 g/mol. The minimum absolute atomic E-state index is 0.00996. The highest BCUT2D eigenvalue weighted by molar-refractivity contribution is 9.09. The minimum Gasteiger partial charge on any atom is -0.495 e. The largest absolute Gasteiger partial charge is 0.495 e. The summed E-state index contributed by atoms with van der Waals surface area (Å²) in [4.78, 5) is 0.00996. The van der Waals surface area contributed by atoms with E-state index < -0.39 is 0 Å². The molecular weight excluding hydrogens is 352 g/mol. The van der Waals surface area contributed by atoms with E-state index in [1.165, 1.54) is 16.7 Å². The lowest BCUT2D eigenvalue weighted by molar-refractivity contribution is 0.392. The van der Waals surface area contributed by atoms with Crippen LogP contribution in [0.15, 0.2) is 30.3 Å². The lowest BCUT2D eigenvalue weighted by Crippen LogP contribution is -2.01. The van der Waals surface area contributed by atoms with Crippen LogP contribution in [-0.4, -0.2) is 14.2 Å². The van der Waals surface area contributed by atoms with Crippen molar-refractivity contribution in [3.05, 3.63) is 57.6 Å². The summed E-state index contributed by atoms with van der Waals surface area (Å²) < 4.78 is 10.7. The Morgan fingerprint density at radius 3 is 2.33 bits per heavy atom. The molecule has 2 aromatic rings. The van der Waals surface area contributed by atoms with Crippen molar-refractivity contribution < 1.29 is 9.47 Å². The Hall–Kier alpha value is -1.19. The predicted molar refractivity (Wildman–Crippen MR) is 91.2 cm³/mol. The van der Waals surface area contributed by atoms with E-state index in [1.807, 2.05) is 12.1 Å². The fourth-order valence-electron chi connectivity index (χ4n) is 2.33. The van der Waals surface area contributed by atoms with E-state index in [9.17, 15) is 0 Å². The van der Waals surface area contributed by atoms with Gasteiger partial charge in [0.1, 0.15) is 16.5 Å². The van der Waals surface area contributed by atoms with Gasteiger partial charge >= 0.3 is 0 Å². The van der Waals surface area contributed by atoms with Crippen LogP contribution >= 0.6 is 27.5 Å². The van der Waals surface area contributed by atoms with Crippen molar-refractivity contribution in [2.75, 3.05) is 14.2 Å². The van der Waals surface area contributed by atoms with Crippen molar-refractivity contribution >= 4 is 27.5 Å². The molecule has 0 fully saturated rings. The molecule has 0 spiro atoms. The monoisotopic (exact) mass is 368 g/mol. The SMILES string of the molecule is COc1ccc(C(Br)c2cccc(C)c2C)c(OC)c1Cl. The van der Waals surface area contributed by atoms with Crippen LogP contribution in [0.3, 0.4) is 0 Å². The van der Waals surface area contributed by atoms with E-state index in [2.05, 4.69) is 48.0 Å². The van der Waals surface area contributed by atoms with Crippen LogP contribution in [-0.2, 0) is 0 Å². The summed E-state index contributed by atoms with van der Waals surface area (Å²) in [7, 11) is 3.21. The molecule has 0 N–H and O–H groups in total. The van der Waals surface area contributed by atoms with Gasteiger partial charge < -0.3 is 9.47 Å². The summed E-state index contributed by atoms with van der Waals surface area (Å²) in [5, 5.41) is 0.493. The third-order valence-corrected chi connectivity index (χ3v) is 5.05. The van der Waals surface area contributed by atoms with Gasteiger partial charge in [0.05, 0.1) is 19.0 Å². The van der Waals surface area contributed by atoms with Gasteiger partial charge in [0, 0.05) is 5.56 Å². The van der Waals surface area contributed by atoms with Crippen LogP contribution in [0.1, 0.15) is 27.1 Å². The first-order valence-electron chi connectivity index (χ1n) is 6.61. The first-order valence-corrected chi connectivity index (χ1v) is 7.91. The summed E-state index contributed by atoms with van der Waals surface area (Å²) in [6, 6.07) is 10.1. The molecular formula is C17H18BrClO2. The van der Waals surface area contributed by atoms with Crippen molar-refractivity contribution in [3.8, 4) is 11.5 Å². The molecule has 2 aromatic carbocycles. The number of benzene rings is 2. The highest BCUT2D eigenvalue weighted by Crippen LogP contribution is 2.44. The molecule has 0 aromatic heterocycles. The molecule has 0 aliphatic carbocycles. The molecule has 0 aliphatic rings. The molecule has 0 aliphatic heterocycles.